The van der Waals surface area contributed by atoms with E-state index in [0.29, 0.717) is 0 Å². The van der Waals surface area contributed by atoms with E-state index in [2.05, 4.69) is 73.4 Å². The third-order valence-corrected chi connectivity index (χ3v) is 22.0. The van der Waals surface area contributed by atoms with Gasteiger partial charge in [0.1, 0.15) is 0 Å². The molecule has 0 amide bonds. The molecule has 0 aliphatic rings. The predicted molar refractivity (Wildman–Crippen MR) is 83.3 cm³/mol. The molecule has 0 unspecified atom stereocenters. The van der Waals surface area contributed by atoms with Gasteiger partial charge >= 0.3 is 119 Å². The fraction of sp³-hybridized carbons (Fsp3) is 0.200. The summed E-state index contributed by atoms with van der Waals surface area (Å²) in [7, 11) is 0. The van der Waals surface area contributed by atoms with Crippen LogP contribution in [0.5, 0.6) is 0 Å². The van der Waals surface area contributed by atoms with Crippen LogP contribution in [0.3, 0.4) is 0 Å². The first-order valence-electron chi connectivity index (χ1n) is 6.18. The van der Waals surface area contributed by atoms with Crippen molar-refractivity contribution in [3.63, 3.8) is 0 Å². The zero-order valence-electron chi connectivity index (χ0n) is 10.2. The number of aliphatic hydroxyl groups is 1. The Balaban J connectivity index is 2.41. The van der Waals surface area contributed by atoms with Crippen molar-refractivity contribution >= 4 is 36.0 Å². The summed E-state index contributed by atoms with van der Waals surface area (Å²) in [4.78, 5) is 0. The maximum absolute atomic E-state index is 9.14. The monoisotopic (exact) mass is 412 g/mol. The normalized spacial score (nSPS) is 11.4. The molecule has 0 heterocycles. The average Bonchev–Trinajstić information content (AvgIpc) is 2.46. The van der Waals surface area contributed by atoms with Crippen LogP contribution in [0.2, 0.25) is 4.44 Å². The molecule has 2 aromatic rings. The fourth-order valence-electron chi connectivity index (χ4n) is 2.18. The van der Waals surface area contributed by atoms with Crippen molar-refractivity contribution in [3.05, 3.63) is 60.7 Å². The molecule has 0 aliphatic carbocycles. The van der Waals surface area contributed by atoms with Gasteiger partial charge < -0.3 is 0 Å². The van der Waals surface area contributed by atoms with Crippen molar-refractivity contribution in [1.29, 1.82) is 0 Å². The first-order valence-corrected chi connectivity index (χ1v) is 17.5. The molecule has 18 heavy (non-hydrogen) atoms. The Morgan fingerprint density at radius 2 is 1.28 bits per heavy atom. The van der Waals surface area contributed by atoms with Crippen molar-refractivity contribution in [2.75, 3.05) is 6.61 Å². The second-order valence-electron chi connectivity index (χ2n) is 4.36. The first kappa shape index (κ1) is 14.1. The average molecular weight is 412 g/mol. The summed E-state index contributed by atoms with van der Waals surface area (Å²) in [6.45, 7) is 0.268. The van der Waals surface area contributed by atoms with E-state index in [-0.39, 0.29) is 6.61 Å². The minimum atomic E-state index is -2.72. The summed E-state index contributed by atoms with van der Waals surface area (Å²) in [5.74, 6) is 0. The van der Waals surface area contributed by atoms with E-state index in [9.17, 15) is 0 Å². The number of benzene rings is 2. The molecule has 3 heteroatoms. The van der Waals surface area contributed by atoms with E-state index in [1.165, 1.54) is 7.16 Å². The Bertz CT molecular complexity index is 433. The van der Waals surface area contributed by atoms with Crippen LogP contribution in [0.15, 0.2) is 60.7 Å². The Labute approximate surface area is 118 Å². The van der Waals surface area contributed by atoms with Crippen LogP contribution in [0.25, 0.3) is 0 Å². The van der Waals surface area contributed by atoms with Crippen molar-refractivity contribution in [1.82, 2.24) is 0 Å². The van der Waals surface area contributed by atoms with E-state index in [1.54, 1.807) is 0 Å². The van der Waals surface area contributed by atoms with Crippen LogP contribution in [0, 0.1) is 0 Å². The van der Waals surface area contributed by atoms with Crippen molar-refractivity contribution in [2.24, 2.45) is 0 Å². The summed E-state index contributed by atoms with van der Waals surface area (Å²) in [6.07, 6.45) is 0.866. The van der Waals surface area contributed by atoms with Gasteiger partial charge in [0.2, 0.25) is 0 Å². The summed E-state index contributed by atoms with van der Waals surface area (Å²) in [6, 6.07) is 21.4. The third-order valence-electron chi connectivity index (χ3n) is 3.14. The van der Waals surface area contributed by atoms with Gasteiger partial charge in [-0.1, -0.05) is 0 Å². The Kier molecular flexibility index (Phi) is 5.27. The molecule has 2 rings (SSSR count). The number of hydrogen-bond acceptors (Lipinski definition) is 1. The van der Waals surface area contributed by atoms with Gasteiger partial charge in [0.15, 0.2) is 0 Å². The van der Waals surface area contributed by atoms with E-state index < -0.39 is 16.2 Å². The Morgan fingerprint density at radius 3 is 1.67 bits per heavy atom. The molecule has 0 bridgehead atoms. The molecule has 94 valence electrons. The van der Waals surface area contributed by atoms with Gasteiger partial charge in [-0.2, -0.15) is 0 Å². The SMILES string of the molecule is OCC[CH2][Sn]([Br])([c]1ccccc1)[c]1ccccc1. The molecule has 0 radical (unpaired) electrons. The van der Waals surface area contributed by atoms with E-state index in [1.807, 2.05) is 0 Å². The molecule has 0 aliphatic heterocycles. The summed E-state index contributed by atoms with van der Waals surface area (Å²) < 4.78 is 3.96. The molecule has 0 fully saturated rings. The number of halogens is 1. The molecular weight excluding hydrogens is 395 g/mol. The second-order valence-corrected chi connectivity index (χ2v) is 22.7. The summed E-state index contributed by atoms with van der Waals surface area (Å²) >= 11 is 1.38. The number of rotatable bonds is 5. The Hall–Kier alpha value is -0.321. The quantitative estimate of drug-likeness (QED) is 0.750. The van der Waals surface area contributed by atoms with Gasteiger partial charge in [0, 0.05) is 0 Å². The topological polar surface area (TPSA) is 20.2 Å². The van der Waals surface area contributed by atoms with E-state index >= 15 is 0 Å². The fourth-order valence-corrected chi connectivity index (χ4v) is 16.2. The molecule has 0 aromatic heterocycles. The molecule has 1 N–H and O–H groups in total. The van der Waals surface area contributed by atoms with Crippen molar-refractivity contribution in [2.45, 2.75) is 10.9 Å². The second kappa shape index (κ2) is 6.73. The van der Waals surface area contributed by atoms with Gasteiger partial charge in [-0.25, -0.2) is 0 Å². The van der Waals surface area contributed by atoms with Crippen LogP contribution in [-0.4, -0.2) is 27.9 Å². The van der Waals surface area contributed by atoms with Crippen LogP contribution in [-0.2, 0) is 0 Å². The van der Waals surface area contributed by atoms with Gasteiger partial charge in [-0.15, -0.1) is 0 Å². The van der Waals surface area contributed by atoms with Crippen LogP contribution in [0.4, 0.5) is 0 Å². The van der Waals surface area contributed by atoms with Crippen molar-refractivity contribution < 1.29 is 5.11 Å². The van der Waals surface area contributed by atoms with Gasteiger partial charge in [0.05, 0.1) is 0 Å². The third kappa shape index (κ3) is 3.16. The number of hydrogen-bond donors (Lipinski definition) is 1. The zero-order valence-corrected chi connectivity index (χ0v) is 14.7. The minimum absolute atomic E-state index is 0.268. The van der Waals surface area contributed by atoms with E-state index in [0.717, 1.165) is 10.9 Å². The maximum atomic E-state index is 9.14. The molecule has 2 aromatic carbocycles. The van der Waals surface area contributed by atoms with Crippen LogP contribution in [0.1, 0.15) is 6.42 Å². The zero-order chi connectivity index (χ0) is 12.8. The summed E-state index contributed by atoms with van der Waals surface area (Å²) in [5.41, 5.74) is 0. The van der Waals surface area contributed by atoms with Gasteiger partial charge in [-0.05, 0) is 0 Å². The molecule has 0 saturated heterocycles. The van der Waals surface area contributed by atoms with E-state index in [4.69, 9.17) is 5.11 Å². The number of aliphatic hydroxyl groups excluding tert-OH is 1. The van der Waals surface area contributed by atoms with Gasteiger partial charge in [-0.3, -0.25) is 0 Å². The van der Waals surface area contributed by atoms with Crippen molar-refractivity contribution in [3.8, 4) is 0 Å². The summed E-state index contributed by atoms with van der Waals surface area (Å²) in [5, 5.41) is 9.14. The molecule has 1 nitrogen and oxygen atoms in total. The standard InChI is InChI=1S/2C6H5.C3H7O.BrH.Sn/c2*1-2-4-6-5-3-1;1-2-3-4;;/h2*1-5H;4H,1-3H2;1H;/q;;;;+1/p-1. The first-order chi connectivity index (χ1) is 8.77. The Morgan fingerprint density at radius 1 is 0.833 bits per heavy atom. The molecular formula is C15H17BrOSn. The predicted octanol–water partition coefficient (Wildman–Crippen LogP) is 2.52. The molecule has 0 atom stereocenters. The molecule has 0 spiro atoms. The van der Waals surface area contributed by atoms with Crippen LogP contribution < -0.4 is 7.16 Å². The van der Waals surface area contributed by atoms with Crippen LogP contribution >= 0.6 is 12.7 Å². The molecule has 0 saturated carbocycles. The van der Waals surface area contributed by atoms with Gasteiger partial charge in [0.25, 0.3) is 0 Å².